The maximum absolute atomic E-state index is 9.17. The van der Waals surface area contributed by atoms with Crippen LogP contribution in [0.15, 0.2) is 48.5 Å². The maximum Gasteiger partial charge on any atom is 0.120 e. The van der Waals surface area contributed by atoms with Gasteiger partial charge in [0.2, 0.25) is 0 Å². The van der Waals surface area contributed by atoms with Gasteiger partial charge in [-0.1, -0.05) is 30.3 Å². The van der Waals surface area contributed by atoms with Gasteiger partial charge in [-0.2, -0.15) is 5.26 Å². The second-order valence-corrected chi connectivity index (χ2v) is 7.04. The second kappa shape index (κ2) is 11.5. The van der Waals surface area contributed by atoms with Crippen molar-refractivity contribution in [2.75, 3.05) is 39.4 Å². The molecule has 1 heterocycles. The zero-order chi connectivity index (χ0) is 19.4. The summed E-state index contributed by atoms with van der Waals surface area (Å²) < 4.78 is 11.3. The first-order valence-corrected chi connectivity index (χ1v) is 10.1. The first kappa shape index (κ1) is 20.3. The molecule has 0 aliphatic carbocycles. The minimum atomic E-state index is 0.405. The van der Waals surface area contributed by atoms with Crippen molar-refractivity contribution in [3.05, 3.63) is 65.2 Å². The Bertz CT molecular complexity index is 766. The van der Waals surface area contributed by atoms with E-state index in [4.69, 9.17) is 9.47 Å². The monoisotopic (exact) mass is 379 g/mol. The third kappa shape index (κ3) is 6.65. The lowest BCUT2D eigenvalue weighted by molar-refractivity contribution is 0.0372. The topological polar surface area (TPSA) is 57.5 Å². The molecule has 0 saturated carbocycles. The Kier molecular flexibility index (Phi) is 8.32. The van der Waals surface area contributed by atoms with Crippen LogP contribution in [0.5, 0.6) is 5.75 Å². The van der Waals surface area contributed by atoms with E-state index in [9.17, 15) is 5.26 Å². The zero-order valence-corrected chi connectivity index (χ0v) is 16.4. The third-order valence-corrected chi connectivity index (χ3v) is 4.94. The molecule has 1 aliphatic rings. The van der Waals surface area contributed by atoms with E-state index < -0.39 is 0 Å². The number of ether oxygens (including phenoxy) is 2. The maximum atomic E-state index is 9.17. The van der Waals surface area contributed by atoms with Gasteiger partial charge in [0.05, 0.1) is 24.8 Å². The van der Waals surface area contributed by atoms with Crippen LogP contribution in [-0.4, -0.2) is 44.3 Å². The predicted octanol–water partition coefficient (Wildman–Crippen LogP) is 3.34. The normalized spacial score (nSPS) is 14.5. The Hall–Kier alpha value is -2.39. The molecule has 3 rings (SSSR count). The lowest BCUT2D eigenvalue weighted by Crippen LogP contribution is -2.37. The van der Waals surface area contributed by atoms with Crippen LogP contribution < -0.4 is 10.1 Å². The summed E-state index contributed by atoms with van der Waals surface area (Å²) in [4.78, 5) is 2.48. The summed E-state index contributed by atoms with van der Waals surface area (Å²) in [6.45, 7) is 7.31. The highest BCUT2D eigenvalue weighted by molar-refractivity contribution is 5.37. The molecule has 28 heavy (non-hydrogen) atoms. The smallest absolute Gasteiger partial charge is 0.120 e. The molecular formula is C23H29N3O2. The third-order valence-electron chi connectivity index (χ3n) is 4.94. The quantitative estimate of drug-likeness (QED) is 0.642. The van der Waals surface area contributed by atoms with E-state index in [0.717, 1.165) is 50.7 Å². The highest BCUT2D eigenvalue weighted by Crippen LogP contribution is 2.16. The molecular weight excluding hydrogens is 350 g/mol. The number of morpholine rings is 1. The van der Waals surface area contributed by atoms with Crippen LogP contribution in [0.3, 0.4) is 0 Å². The average molecular weight is 380 g/mol. The van der Waals surface area contributed by atoms with Gasteiger partial charge in [-0.15, -0.1) is 0 Å². The lowest BCUT2D eigenvalue weighted by Gasteiger charge is -2.26. The fourth-order valence-electron chi connectivity index (χ4n) is 3.30. The van der Waals surface area contributed by atoms with E-state index >= 15 is 0 Å². The molecule has 1 N–H and O–H groups in total. The SMILES string of the molecule is N#Cc1ccccc1COc1cccc(CNCCCCN2CCOCC2)c1. The van der Waals surface area contributed by atoms with Crippen molar-refractivity contribution >= 4 is 0 Å². The van der Waals surface area contributed by atoms with Gasteiger partial charge in [0.1, 0.15) is 12.4 Å². The molecule has 1 saturated heterocycles. The van der Waals surface area contributed by atoms with Gasteiger partial charge in [-0.25, -0.2) is 0 Å². The Morgan fingerprint density at radius 2 is 1.93 bits per heavy atom. The molecule has 1 aliphatic heterocycles. The van der Waals surface area contributed by atoms with E-state index in [0.29, 0.717) is 12.2 Å². The molecule has 0 amide bonds. The number of unbranched alkanes of at least 4 members (excludes halogenated alkanes) is 1. The summed E-state index contributed by atoms with van der Waals surface area (Å²) in [6.07, 6.45) is 2.40. The van der Waals surface area contributed by atoms with E-state index in [-0.39, 0.29) is 0 Å². The van der Waals surface area contributed by atoms with Gasteiger partial charge in [0, 0.05) is 25.2 Å². The van der Waals surface area contributed by atoms with Gasteiger partial charge >= 0.3 is 0 Å². The van der Waals surface area contributed by atoms with Crippen molar-refractivity contribution < 1.29 is 9.47 Å². The van der Waals surface area contributed by atoms with Crippen LogP contribution in [0.1, 0.15) is 29.5 Å². The lowest BCUT2D eigenvalue weighted by atomic mass is 10.1. The van der Waals surface area contributed by atoms with Crippen molar-refractivity contribution in [3.63, 3.8) is 0 Å². The van der Waals surface area contributed by atoms with Crippen LogP contribution in [0, 0.1) is 11.3 Å². The number of hydrogen-bond acceptors (Lipinski definition) is 5. The Morgan fingerprint density at radius 3 is 2.79 bits per heavy atom. The summed E-state index contributed by atoms with van der Waals surface area (Å²) in [7, 11) is 0. The number of nitrogens with one attached hydrogen (secondary N) is 1. The van der Waals surface area contributed by atoms with E-state index in [1.54, 1.807) is 0 Å². The summed E-state index contributed by atoms with van der Waals surface area (Å²) in [5, 5.41) is 12.7. The number of nitrogens with zero attached hydrogens (tertiary/aromatic N) is 2. The fourth-order valence-corrected chi connectivity index (χ4v) is 3.30. The van der Waals surface area contributed by atoms with Gasteiger partial charge in [0.25, 0.3) is 0 Å². The number of rotatable bonds is 10. The van der Waals surface area contributed by atoms with E-state index in [1.807, 2.05) is 36.4 Å². The molecule has 1 fully saturated rings. The van der Waals surface area contributed by atoms with Crippen LogP contribution in [0.4, 0.5) is 0 Å². The first-order valence-electron chi connectivity index (χ1n) is 10.1. The molecule has 0 atom stereocenters. The summed E-state index contributed by atoms with van der Waals surface area (Å²) in [5.41, 5.74) is 2.78. The van der Waals surface area contributed by atoms with Crippen LogP contribution in [-0.2, 0) is 17.9 Å². The van der Waals surface area contributed by atoms with E-state index in [2.05, 4.69) is 28.4 Å². The molecule has 2 aromatic carbocycles. The van der Waals surface area contributed by atoms with Crippen molar-refractivity contribution in [3.8, 4) is 11.8 Å². The Labute approximate surface area is 167 Å². The highest BCUT2D eigenvalue weighted by atomic mass is 16.5. The molecule has 2 aromatic rings. The van der Waals surface area contributed by atoms with Crippen molar-refractivity contribution in [1.29, 1.82) is 5.26 Å². The molecule has 5 nitrogen and oxygen atoms in total. The summed E-state index contributed by atoms with van der Waals surface area (Å²) in [5.74, 6) is 0.833. The van der Waals surface area contributed by atoms with Gasteiger partial charge < -0.3 is 14.8 Å². The van der Waals surface area contributed by atoms with Crippen LogP contribution >= 0.6 is 0 Å². The summed E-state index contributed by atoms with van der Waals surface area (Å²) in [6, 6.07) is 17.9. The number of hydrogen-bond donors (Lipinski definition) is 1. The molecule has 148 valence electrons. The Morgan fingerprint density at radius 1 is 1.07 bits per heavy atom. The standard InChI is InChI=1S/C23H29N3O2/c24-17-21-7-1-2-8-22(21)19-28-23-9-5-6-20(16-23)18-25-10-3-4-11-26-12-14-27-15-13-26/h1-2,5-9,16,25H,3-4,10-15,18-19H2. The highest BCUT2D eigenvalue weighted by Gasteiger charge is 2.09. The van der Waals surface area contributed by atoms with Crippen molar-refractivity contribution in [2.24, 2.45) is 0 Å². The zero-order valence-electron chi connectivity index (χ0n) is 16.4. The largest absolute Gasteiger partial charge is 0.489 e. The number of benzene rings is 2. The van der Waals surface area contributed by atoms with E-state index in [1.165, 1.54) is 24.9 Å². The van der Waals surface area contributed by atoms with Gasteiger partial charge in [-0.3, -0.25) is 4.90 Å². The van der Waals surface area contributed by atoms with Gasteiger partial charge in [-0.05, 0) is 49.7 Å². The molecule has 5 heteroatoms. The fraction of sp³-hybridized carbons (Fsp3) is 0.435. The first-order chi connectivity index (χ1) is 13.8. The summed E-state index contributed by atoms with van der Waals surface area (Å²) >= 11 is 0. The molecule has 0 aromatic heterocycles. The predicted molar refractivity (Wildman–Crippen MR) is 110 cm³/mol. The molecule has 0 bridgehead atoms. The van der Waals surface area contributed by atoms with Crippen molar-refractivity contribution in [1.82, 2.24) is 10.2 Å². The van der Waals surface area contributed by atoms with Gasteiger partial charge in [0.15, 0.2) is 0 Å². The molecule has 0 radical (unpaired) electrons. The minimum Gasteiger partial charge on any atom is -0.489 e. The number of nitriles is 1. The average Bonchev–Trinajstić information content (AvgIpc) is 2.76. The van der Waals surface area contributed by atoms with Crippen molar-refractivity contribution in [2.45, 2.75) is 26.0 Å². The van der Waals surface area contributed by atoms with Crippen LogP contribution in [0.2, 0.25) is 0 Å². The molecule has 0 spiro atoms. The Balaban J connectivity index is 1.35. The van der Waals surface area contributed by atoms with Crippen LogP contribution in [0.25, 0.3) is 0 Å². The second-order valence-electron chi connectivity index (χ2n) is 7.04. The minimum absolute atomic E-state index is 0.405. The molecule has 0 unspecified atom stereocenters.